The van der Waals surface area contributed by atoms with Crippen molar-refractivity contribution >= 4 is 44.6 Å². The fraction of sp³-hybridized carbons (Fsp3) is 0.208. The van der Waals surface area contributed by atoms with Crippen molar-refractivity contribution in [3.63, 3.8) is 0 Å². The van der Waals surface area contributed by atoms with Crippen LogP contribution in [0.4, 0.5) is 17.1 Å². The fourth-order valence-electron chi connectivity index (χ4n) is 3.82. The molecule has 1 aliphatic heterocycles. The van der Waals surface area contributed by atoms with Crippen molar-refractivity contribution in [1.82, 2.24) is 0 Å². The van der Waals surface area contributed by atoms with Gasteiger partial charge in [-0.25, -0.2) is 8.42 Å². The quantitative estimate of drug-likeness (QED) is 0.359. The molecule has 1 aliphatic rings. The maximum atomic E-state index is 13.3. The number of halogens is 1. The second-order valence-electron chi connectivity index (χ2n) is 7.99. The monoisotopic (exact) mass is 515 g/mol. The Hall–Kier alpha value is -3.63. The molecule has 35 heavy (non-hydrogen) atoms. The molecule has 0 unspecified atom stereocenters. The highest BCUT2D eigenvalue weighted by Gasteiger charge is 2.29. The number of nitro benzene ring substituents is 1. The van der Waals surface area contributed by atoms with Crippen LogP contribution in [0.5, 0.6) is 5.75 Å². The molecule has 11 heteroatoms. The smallest absolute Gasteiger partial charge is 0.271 e. The van der Waals surface area contributed by atoms with Gasteiger partial charge in [-0.1, -0.05) is 35.9 Å². The molecule has 4 rings (SSSR count). The molecule has 1 heterocycles. The van der Waals surface area contributed by atoms with E-state index in [0.29, 0.717) is 29.9 Å². The van der Waals surface area contributed by atoms with Gasteiger partial charge in [0.2, 0.25) is 0 Å². The fourth-order valence-corrected chi connectivity index (χ4v) is 5.69. The van der Waals surface area contributed by atoms with E-state index in [1.54, 1.807) is 19.1 Å². The van der Waals surface area contributed by atoms with Crippen LogP contribution in [-0.4, -0.2) is 32.4 Å². The van der Waals surface area contributed by atoms with E-state index >= 15 is 0 Å². The second kappa shape index (κ2) is 9.93. The number of ether oxygens (including phenoxy) is 1. The number of carbonyl (C=O) groups is 1. The number of aryl methyl sites for hydroxylation is 2. The molecule has 0 aliphatic carbocycles. The first-order valence-corrected chi connectivity index (χ1v) is 12.6. The molecule has 0 fully saturated rings. The molecule has 0 atom stereocenters. The third-order valence-corrected chi connectivity index (χ3v) is 7.73. The molecule has 0 aromatic heterocycles. The van der Waals surface area contributed by atoms with E-state index in [1.165, 1.54) is 40.7 Å². The van der Waals surface area contributed by atoms with Gasteiger partial charge in [0.1, 0.15) is 5.75 Å². The SMILES string of the molecule is Cc1ccc([N+](=O)[O-])cc1NC(=O)COc1ccc(S(=O)(=O)N2CCCc3ccccc32)cc1Cl. The molecule has 0 saturated carbocycles. The summed E-state index contributed by atoms with van der Waals surface area (Å²) in [5, 5.41) is 13.6. The molecular formula is C24H22ClN3O6S. The molecule has 1 N–H and O–H groups in total. The molecule has 9 nitrogen and oxygen atoms in total. The maximum Gasteiger partial charge on any atom is 0.271 e. The first-order chi connectivity index (χ1) is 16.7. The lowest BCUT2D eigenvalue weighted by Gasteiger charge is -2.30. The molecule has 3 aromatic rings. The number of sulfonamides is 1. The molecule has 3 aromatic carbocycles. The minimum atomic E-state index is -3.84. The molecule has 0 radical (unpaired) electrons. The summed E-state index contributed by atoms with van der Waals surface area (Å²) in [5.74, 6) is -0.415. The van der Waals surface area contributed by atoms with E-state index < -0.39 is 27.5 Å². The number of hydrogen-bond donors (Lipinski definition) is 1. The molecular weight excluding hydrogens is 494 g/mol. The lowest BCUT2D eigenvalue weighted by molar-refractivity contribution is -0.384. The van der Waals surface area contributed by atoms with Crippen LogP contribution in [0.25, 0.3) is 0 Å². The Morgan fingerprint density at radius 1 is 1.17 bits per heavy atom. The van der Waals surface area contributed by atoms with Crippen LogP contribution in [-0.2, 0) is 21.2 Å². The average molecular weight is 516 g/mol. The highest BCUT2D eigenvalue weighted by molar-refractivity contribution is 7.92. The number of nitro groups is 1. The number of carbonyl (C=O) groups excluding carboxylic acids is 1. The Morgan fingerprint density at radius 3 is 2.69 bits per heavy atom. The minimum Gasteiger partial charge on any atom is -0.482 e. The number of hydrogen-bond acceptors (Lipinski definition) is 6. The van der Waals surface area contributed by atoms with Crippen LogP contribution in [0.1, 0.15) is 17.5 Å². The van der Waals surface area contributed by atoms with Gasteiger partial charge in [0.15, 0.2) is 6.61 Å². The van der Waals surface area contributed by atoms with Crippen LogP contribution in [0, 0.1) is 17.0 Å². The third kappa shape index (κ3) is 5.23. The summed E-state index contributed by atoms with van der Waals surface area (Å²) in [5.41, 5.74) is 2.42. The number of amides is 1. The van der Waals surface area contributed by atoms with E-state index in [1.807, 2.05) is 12.1 Å². The number of fused-ring (bicyclic) bond motifs is 1. The predicted molar refractivity (Wildman–Crippen MR) is 133 cm³/mol. The minimum absolute atomic E-state index is 0.0169. The van der Waals surface area contributed by atoms with Crippen molar-refractivity contribution in [2.45, 2.75) is 24.7 Å². The van der Waals surface area contributed by atoms with Gasteiger partial charge < -0.3 is 10.1 Å². The number of nitrogens with one attached hydrogen (secondary N) is 1. The van der Waals surface area contributed by atoms with Gasteiger partial charge in [-0.2, -0.15) is 0 Å². The summed E-state index contributed by atoms with van der Waals surface area (Å²) in [7, 11) is -3.84. The normalized spacial score (nSPS) is 13.1. The number of rotatable bonds is 7. The summed E-state index contributed by atoms with van der Waals surface area (Å²) < 4.78 is 33.5. The summed E-state index contributed by atoms with van der Waals surface area (Å²) in [6, 6.07) is 15.6. The van der Waals surface area contributed by atoms with Crippen molar-refractivity contribution in [2.75, 3.05) is 22.8 Å². The van der Waals surface area contributed by atoms with Gasteiger partial charge in [0, 0.05) is 18.7 Å². The zero-order valence-corrected chi connectivity index (χ0v) is 20.3. The standard InChI is InChI=1S/C24H22ClN3O6S/c1-16-8-9-18(28(30)31)13-21(16)26-24(29)15-34-23-11-10-19(14-20(23)25)35(32,33)27-12-4-6-17-5-2-3-7-22(17)27/h2-3,5,7-11,13-14H,4,6,12,15H2,1H3,(H,26,29). The van der Waals surface area contributed by atoms with Crippen molar-refractivity contribution < 1.29 is 22.9 Å². The number of nitrogens with zero attached hydrogens (tertiary/aromatic N) is 2. The van der Waals surface area contributed by atoms with Gasteiger partial charge >= 0.3 is 0 Å². The largest absolute Gasteiger partial charge is 0.482 e. The summed E-state index contributed by atoms with van der Waals surface area (Å²) in [6.07, 6.45) is 1.53. The summed E-state index contributed by atoms with van der Waals surface area (Å²) >= 11 is 6.28. The highest BCUT2D eigenvalue weighted by Crippen LogP contribution is 2.34. The third-order valence-electron chi connectivity index (χ3n) is 5.62. The number of para-hydroxylation sites is 1. The average Bonchev–Trinajstić information content (AvgIpc) is 2.84. The second-order valence-corrected chi connectivity index (χ2v) is 10.3. The van der Waals surface area contributed by atoms with Crippen molar-refractivity contribution in [3.8, 4) is 5.75 Å². The van der Waals surface area contributed by atoms with Crippen LogP contribution in [0.15, 0.2) is 65.6 Å². The molecule has 182 valence electrons. The van der Waals surface area contributed by atoms with E-state index in [2.05, 4.69) is 5.32 Å². The number of non-ortho nitro benzene ring substituents is 1. The van der Waals surface area contributed by atoms with Crippen LogP contribution < -0.4 is 14.4 Å². The zero-order valence-electron chi connectivity index (χ0n) is 18.7. The summed E-state index contributed by atoms with van der Waals surface area (Å²) in [4.78, 5) is 22.8. The first-order valence-electron chi connectivity index (χ1n) is 10.7. The maximum absolute atomic E-state index is 13.3. The molecule has 0 spiro atoms. The topological polar surface area (TPSA) is 119 Å². The van der Waals surface area contributed by atoms with Gasteiger partial charge in [-0.3, -0.25) is 19.2 Å². The van der Waals surface area contributed by atoms with Crippen LogP contribution >= 0.6 is 11.6 Å². The Kier molecular flexibility index (Phi) is 6.95. The van der Waals surface area contributed by atoms with Gasteiger partial charge in [0.05, 0.1) is 26.2 Å². The summed E-state index contributed by atoms with van der Waals surface area (Å²) in [6.45, 7) is 1.65. The van der Waals surface area contributed by atoms with Gasteiger partial charge in [-0.15, -0.1) is 0 Å². The highest BCUT2D eigenvalue weighted by atomic mass is 35.5. The number of anilines is 2. The van der Waals surface area contributed by atoms with Crippen molar-refractivity contribution in [3.05, 3.63) is 86.9 Å². The Balaban J connectivity index is 1.46. The van der Waals surface area contributed by atoms with E-state index in [4.69, 9.17) is 16.3 Å². The van der Waals surface area contributed by atoms with Crippen molar-refractivity contribution in [2.24, 2.45) is 0 Å². The van der Waals surface area contributed by atoms with Gasteiger partial charge in [-0.05, 0) is 55.2 Å². The lowest BCUT2D eigenvalue weighted by atomic mass is 10.0. The Bertz CT molecular complexity index is 1410. The van der Waals surface area contributed by atoms with Crippen LogP contribution in [0.3, 0.4) is 0 Å². The van der Waals surface area contributed by atoms with E-state index in [0.717, 1.165) is 12.0 Å². The lowest BCUT2D eigenvalue weighted by Crippen LogP contribution is -2.35. The Labute approximate surface area is 207 Å². The van der Waals surface area contributed by atoms with Crippen LogP contribution in [0.2, 0.25) is 5.02 Å². The molecule has 0 saturated heterocycles. The van der Waals surface area contributed by atoms with Gasteiger partial charge in [0.25, 0.3) is 21.6 Å². The number of benzene rings is 3. The van der Waals surface area contributed by atoms with Crippen molar-refractivity contribution in [1.29, 1.82) is 0 Å². The van der Waals surface area contributed by atoms with E-state index in [9.17, 15) is 23.3 Å². The molecule has 0 bridgehead atoms. The Morgan fingerprint density at radius 2 is 1.94 bits per heavy atom. The molecule has 1 amide bonds. The van der Waals surface area contributed by atoms with E-state index in [-0.39, 0.29) is 21.4 Å². The first kappa shape index (κ1) is 24.5. The zero-order chi connectivity index (χ0) is 25.2. The predicted octanol–water partition coefficient (Wildman–Crippen LogP) is 4.72.